The standard InChI is InChI=1S/C23H30F3N3/c1-29(2)11-10-27-17-13-18-19-12-16(23(24,25)26)8-9-21(19)28-22(20(18)14-17)15-6-4-3-5-7-15/h3-6,8-9,12,15,17-18,20,22,27-28H,7,10-11,13-14H2,1-2H3/t15?,17-,18?,20+,22-/m0/s1. The molecule has 5 atom stereocenters. The summed E-state index contributed by atoms with van der Waals surface area (Å²) in [4.78, 5) is 2.14. The summed E-state index contributed by atoms with van der Waals surface area (Å²) in [5.74, 6) is 0.877. The van der Waals surface area contributed by atoms with Crippen molar-refractivity contribution in [2.45, 2.75) is 43.4 Å². The molecule has 0 spiro atoms. The van der Waals surface area contributed by atoms with Crippen LogP contribution in [-0.2, 0) is 6.18 Å². The first-order chi connectivity index (χ1) is 13.8. The van der Waals surface area contributed by atoms with Crippen LogP contribution >= 0.6 is 0 Å². The molecule has 1 saturated carbocycles. The number of nitrogens with zero attached hydrogens (tertiary/aromatic N) is 1. The van der Waals surface area contributed by atoms with E-state index in [4.69, 9.17) is 0 Å². The number of likely N-dealkylation sites (N-methyl/N-ethyl adjacent to an activating group) is 1. The lowest BCUT2D eigenvalue weighted by atomic mass is 9.73. The third-order valence-electron chi connectivity index (χ3n) is 6.64. The van der Waals surface area contributed by atoms with Crippen LogP contribution in [0.2, 0.25) is 0 Å². The molecule has 1 fully saturated rings. The van der Waals surface area contributed by atoms with E-state index < -0.39 is 11.7 Å². The highest BCUT2D eigenvalue weighted by Gasteiger charge is 2.46. The predicted molar refractivity (Wildman–Crippen MR) is 111 cm³/mol. The molecular formula is C23H30F3N3. The number of hydrogen-bond acceptors (Lipinski definition) is 3. The Morgan fingerprint density at radius 1 is 1.17 bits per heavy atom. The van der Waals surface area contributed by atoms with Gasteiger partial charge in [-0.3, -0.25) is 0 Å². The molecule has 0 amide bonds. The van der Waals surface area contributed by atoms with Crippen molar-refractivity contribution in [3.8, 4) is 0 Å². The van der Waals surface area contributed by atoms with E-state index in [0.29, 0.717) is 17.9 Å². The number of rotatable bonds is 5. The topological polar surface area (TPSA) is 27.3 Å². The van der Waals surface area contributed by atoms with Crippen molar-refractivity contribution in [2.75, 3.05) is 32.5 Å². The van der Waals surface area contributed by atoms with Gasteiger partial charge in [-0.1, -0.05) is 24.3 Å². The molecular weight excluding hydrogens is 375 g/mol. The second-order valence-corrected chi connectivity index (χ2v) is 8.88. The average molecular weight is 406 g/mol. The van der Waals surface area contributed by atoms with E-state index in [1.54, 1.807) is 6.07 Å². The first kappa shape index (κ1) is 20.5. The molecule has 0 saturated heterocycles. The SMILES string of the molecule is CN(C)CCN[C@H]1CC2c3cc(C(F)(F)F)ccc3N[C@@H](C3C=CC=CC3)[C@@H]2C1. The minimum Gasteiger partial charge on any atom is -0.381 e. The van der Waals surface area contributed by atoms with Crippen LogP contribution in [-0.4, -0.2) is 44.2 Å². The Kier molecular flexibility index (Phi) is 5.76. The first-order valence-electron chi connectivity index (χ1n) is 10.5. The molecule has 2 N–H and O–H groups in total. The van der Waals surface area contributed by atoms with Crippen LogP contribution in [0, 0.1) is 11.8 Å². The van der Waals surface area contributed by atoms with Crippen LogP contribution < -0.4 is 10.6 Å². The average Bonchev–Trinajstić information content (AvgIpc) is 3.11. The number of halogens is 3. The summed E-state index contributed by atoms with van der Waals surface area (Å²) in [7, 11) is 4.10. The van der Waals surface area contributed by atoms with Gasteiger partial charge >= 0.3 is 6.18 Å². The monoisotopic (exact) mass is 405 g/mol. The molecule has 0 aromatic heterocycles. The highest BCUT2D eigenvalue weighted by Crippen LogP contribution is 2.51. The Labute approximate surface area is 171 Å². The second kappa shape index (κ2) is 8.15. The fraction of sp³-hybridized carbons (Fsp3) is 0.565. The van der Waals surface area contributed by atoms with E-state index in [0.717, 1.165) is 43.6 Å². The van der Waals surface area contributed by atoms with Gasteiger partial charge in [0, 0.05) is 36.8 Å². The van der Waals surface area contributed by atoms with Gasteiger partial charge in [-0.2, -0.15) is 13.2 Å². The van der Waals surface area contributed by atoms with Crippen LogP contribution in [0.15, 0.2) is 42.5 Å². The molecule has 3 nitrogen and oxygen atoms in total. The summed E-state index contributed by atoms with van der Waals surface area (Å²) in [5, 5.41) is 7.27. The van der Waals surface area contributed by atoms with E-state index in [1.807, 2.05) is 14.1 Å². The molecule has 1 aromatic carbocycles. The molecule has 1 aromatic rings. The van der Waals surface area contributed by atoms with Crippen LogP contribution in [0.4, 0.5) is 18.9 Å². The number of benzene rings is 1. The minimum absolute atomic E-state index is 0.162. The van der Waals surface area contributed by atoms with Crippen LogP contribution in [0.25, 0.3) is 0 Å². The maximum Gasteiger partial charge on any atom is 0.416 e. The Balaban J connectivity index is 1.61. The van der Waals surface area contributed by atoms with E-state index in [1.165, 1.54) is 12.1 Å². The zero-order valence-corrected chi connectivity index (χ0v) is 17.0. The highest BCUT2D eigenvalue weighted by molar-refractivity contribution is 5.59. The largest absolute Gasteiger partial charge is 0.416 e. The molecule has 2 aliphatic carbocycles. The Morgan fingerprint density at radius 3 is 2.69 bits per heavy atom. The molecule has 4 rings (SSSR count). The lowest BCUT2D eigenvalue weighted by Crippen LogP contribution is -2.41. The minimum atomic E-state index is -4.31. The van der Waals surface area contributed by atoms with Crippen LogP contribution in [0.5, 0.6) is 0 Å². The summed E-state index contributed by atoms with van der Waals surface area (Å²) in [6.07, 6.45) is 7.17. The van der Waals surface area contributed by atoms with E-state index in [2.05, 4.69) is 39.8 Å². The quantitative estimate of drug-likeness (QED) is 0.747. The lowest BCUT2D eigenvalue weighted by Gasteiger charge is -2.41. The Morgan fingerprint density at radius 2 is 2.00 bits per heavy atom. The number of hydrogen-bond donors (Lipinski definition) is 2. The van der Waals surface area contributed by atoms with Crippen molar-refractivity contribution in [1.82, 2.24) is 10.2 Å². The van der Waals surface area contributed by atoms with Gasteiger partial charge in [-0.25, -0.2) is 0 Å². The van der Waals surface area contributed by atoms with Gasteiger partial charge in [0.1, 0.15) is 0 Å². The molecule has 29 heavy (non-hydrogen) atoms. The molecule has 6 heteroatoms. The zero-order valence-electron chi connectivity index (χ0n) is 17.0. The van der Waals surface area contributed by atoms with Gasteiger partial charge in [-0.05, 0) is 69.0 Å². The summed E-state index contributed by atoms with van der Waals surface area (Å²) >= 11 is 0. The third-order valence-corrected chi connectivity index (χ3v) is 6.64. The first-order valence-corrected chi connectivity index (χ1v) is 10.5. The van der Waals surface area contributed by atoms with Gasteiger partial charge in [0.05, 0.1) is 5.56 Å². The molecule has 0 radical (unpaired) electrons. The van der Waals surface area contributed by atoms with Gasteiger partial charge < -0.3 is 15.5 Å². The van der Waals surface area contributed by atoms with E-state index in [9.17, 15) is 13.2 Å². The predicted octanol–water partition coefficient (Wildman–Crippen LogP) is 4.65. The smallest absolute Gasteiger partial charge is 0.381 e. The van der Waals surface area contributed by atoms with Gasteiger partial charge in [-0.15, -0.1) is 0 Å². The third kappa shape index (κ3) is 4.38. The van der Waals surface area contributed by atoms with Crippen LogP contribution in [0.1, 0.15) is 36.3 Å². The maximum absolute atomic E-state index is 13.3. The normalized spacial score (nSPS) is 30.9. The van der Waals surface area contributed by atoms with Gasteiger partial charge in [0.2, 0.25) is 0 Å². The van der Waals surface area contributed by atoms with E-state index >= 15 is 0 Å². The number of nitrogens with one attached hydrogen (secondary N) is 2. The van der Waals surface area contributed by atoms with Crippen molar-refractivity contribution < 1.29 is 13.2 Å². The lowest BCUT2D eigenvalue weighted by molar-refractivity contribution is -0.137. The van der Waals surface area contributed by atoms with Crippen molar-refractivity contribution in [2.24, 2.45) is 11.8 Å². The Hall–Kier alpha value is -1.79. The molecule has 158 valence electrons. The number of fused-ring (bicyclic) bond motifs is 3. The van der Waals surface area contributed by atoms with Crippen molar-refractivity contribution >= 4 is 5.69 Å². The second-order valence-electron chi connectivity index (χ2n) is 8.88. The van der Waals surface area contributed by atoms with Crippen molar-refractivity contribution in [3.05, 3.63) is 53.6 Å². The number of anilines is 1. The Bertz CT molecular complexity index is 784. The number of allylic oxidation sites excluding steroid dienone is 3. The van der Waals surface area contributed by atoms with Crippen molar-refractivity contribution in [1.29, 1.82) is 0 Å². The van der Waals surface area contributed by atoms with Crippen LogP contribution in [0.3, 0.4) is 0 Å². The fourth-order valence-corrected chi connectivity index (χ4v) is 5.24. The van der Waals surface area contributed by atoms with E-state index in [-0.39, 0.29) is 12.0 Å². The van der Waals surface area contributed by atoms with Gasteiger partial charge in [0.25, 0.3) is 0 Å². The fourth-order valence-electron chi connectivity index (χ4n) is 5.24. The summed E-state index contributed by atoms with van der Waals surface area (Å²) in [6, 6.07) is 4.83. The highest BCUT2D eigenvalue weighted by atomic mass is 19.4. The summed E-state index contributed by atoms with van der Waals surface area (Å²) in [6.45, 7) is 1.86. The molecule has 2 unspecified atom stereocenters. The molecule has 0 bridgehead atoms. The number of alkyl halides is 3. The maximum atomic E-state index is 13.3. The summed E-state index contributed by atoms with van der Waals surface area (Å²) < 4.78 is 40.0. The van der Waals surface area contributed by atoms with Gasteiger partial charge in [0.15, 0.2) is 0 Å². The van der Waals surface area contributed by atoms with Crippen molar-refractivity contribution in [3.63, 3.8) is 0 Å². The summed E-state index contributed by atoms with van der Waals surface area (Å²) in [5.41, 5.74) is 1.18. The molecule has 1 aliphatic heterocycles. The molecule has 1 heterocycles. The molecule has 3 aliphatic rings. The zero-order chi connectivity index (χ0) is 20.6.